The molecule has 5 rings (SSSR count). The summed E-state index contributed by atoms with van der Waals surface area (Å²) >= 11 is 5.92. The predicted molar refractivity (Wildman–Crippen MR) is 142 cm³/mol. The van der Waals surface area contributed by atoms with Gasteiger partial charge in [0.05, 0.1) is 10.6 Å². The fourth-order valence-corrected chi connectivity index (χ4v) is 6.08. The Bertz CT molecular complexity index is 1510. The number of fused-ring (bicyclic) bond motifs is 1. The summed E-state index contributed by atoms with van der Waals surface area (Å²) in [7, 11) is -3.76. The van der Waals surface area contributed by atoms with E-state index in [0.29, 0.717) is 34.1 Å². The van der Waals surface area contributed by atoms with Crippen LogP contribution in [0.5, 0.6) is 11.5 Å². The standard InChI is InChI=1S/C28H23ClN2O4S/c1-19-17-21-18-20(7-16-27(21)31(19)36(33,34)26-14-8-22(29)9-15-26)28(32)30-23-10-12-25(13-11-23)35-24-5-3-2-4-6-24/h2-16,18-19H,17H2,1H3,(H,30,32)/t19-/m0/s1. The van der Waals surface area contributed by atoms with Gasteiger partial charge in [-0.25, -0.2) is 8.42 Å². The predicted octanol–water partition coefficient (Wildman–Crippen LogP) is 6.52. The summed E-state index contributed by atoms with van der Waals surface area (Å²) < 4.78 is 33.8. The molecule has 0 saturated carbocycles. The molecule has 0 aromatic heterocycles. The SMILES string of the molecule is C[C@H]1Cc2cc(C(=O)Nc3ccc(Oc4ccccc4)cc3)ccc2N1S(=O)(=O)c1ccc(Cl)cc1. The quantitative estimate of drug-likeness (QED) is 0.315. The zero-order chi connectivity index (χ0) is 25.3. The van der Waals surface area contributed by atoms with Crippen LogP contribution in [-0.2, 0) is 16.4 Å². The molecule has 1 N–H and O–H groups in total. The van der Waals surface area contributed by atoms with Gasteiger partial charge in [0.15, 0.2) is 0 Å². The second-order valence-corrected chi connectivity index (χ2v) is 10.8. The minimum atomic E-state index is -3.76. The number of nitrogens with one attached hydrogen (secondary N) is 1. The highest BCUT2D eigenvalue weighted by atomic mass is 35.5. The first-order chi connectivity index (χ1) is 17.3. The highest BCUT2D eigenvalue weighted by Crippen LogP contribution is 2.37. The van der Waals surface area contributed by atoms with Crippen molar-refractivity contribution < 1.29 is 17.9 Å². The van der Waals surface area contributed by atoms with E-state index in [1.807, 2.05) is 37.3 Å². The number of halogens is 1. The molecule has 0 saturated heterocycles. The summed E-state index contributed by atoms with van der Waals surface area (Å²) in [4.78, 5) is 13.1. The Morgan fingerprint density at radius 2 is 1.58 bits per heavy atom. The second-order valence-electron chi connectivity index (χ2n) is 8.55. The number of hydrogen-bond acceptors (Lipinski definition) is 4. The molecular weight excluding hydrogens is 496 g/mol. The molecule has 4 aromatic rings. The number of ether oxygens (including phenoxy) is 1. The highest BCUT2D eigenvalue weighted by Gasteiger charge is 2.36. The molecule has 0 spiro atoms. The molecule has 182 valence electrons. The zero-order valence-electron chi connectivity index (χ0n) is 19.4. The molecule has 0 radical (unpaired) electrons. The van der Waals surface area contributed by atoms with Crippen molar-refractivity contribution in [2.45, 2.75) is 24.3 Å². The van der Waals surface area contributed by atoms with Crippen molar-refractivity contribution >= 4 is 38.9 Å². The topological polar surface area (TPSA) is 75.7 Å². The zero-order valence-corrected chi connectivity index (χ0v) is 21.0. The lowest BCUT2D eigenvalue weighted by Crippen LogP contribution is -2.35. The van der Waals surface area contributed by atoms with Gasteiger partial charge in [-0.15, -0.1) is 0 Å². The van der Waals surface area contributed by atoms with Crippen molar-refractivity contribution in [1.29, 1.82) is 0 Å². The smallest absolute Gasteiger partial charge is 0.264 e. The summed E-state index contributed by atoms with van der Waals surface area (Å²) in [5.74, 6) is 1.11. The number of para-hydroxylation sites is 1. The van der Waals surface area contributed by atoms with E-state index in [-0.39, 0.29) is 16.8 Å². The lowest BCUT2D eigenvalue weighted by molar-refractivity contribution is 0.102. The first-order valence-corrected chi connectivity index (χ1v) is 13.2. The number of hydrogen-bond donors (Lipinski definition) is 1. The van der Waals surface area contributed by atoms with E-state index in [2.05, 4.69) is 5.32 Å². The molecular formula is C28H23ClN2O4S. The molecule has 36 heavy (non-hydrogen) atoms. The fourth-order valence-electron chi connectivity index (χ4n) is 4.26. The third kappa shape index (κ3) is 4.80. The van der Waals surface area contributed by atoms with Gasteiger partial charge in [-0.1, -0.05) is 29.8 Å². The van der Waals surface area contributed by atoms with Gasteiger partial charge in [-0.05, 0) is 97.8 Å². The van der Waals surface area contributed by atoms with Gasteiger partial charge in [0.1, 0.15) is 11.5 Å². The van der Waals surface area contributed by atoms with Crippen LogP contribution < -0.4 is 14.4 Å². The summed E-state index contributed by atoms with van der Waals surface area (Å²) in [6, 6.07) is 27.5. The Hall–Kier alpha value is -3.81. The maximum absolute atomic E-state index is 13.3. The maximum Gasteiger partial charge on any atom is 0.264 e. The lowest BCUT2D eigenvalue weighted by atomic mass is 10.1. The van der Waals surface area contributed by atoms with Crippen LogP contribution in [0.4, 0.5) is 11.4 Å². The van der Waals surface area contributed by atoms with Crippen molar-refractivity contribution in [3.8, 4) is 11.5 Å². The van der Waals surface area contributed by atoms with Gasteiger partial charge in [0.25, 0.3) is 15.9 Å². The summed E-state index contributed by atoms with van der Waals surface area (Å²) in [6.07, 6.45) is 0.509. The van der Waals surface area contributed by atoms with E-state index >= 15 is 0 Å². The largest absolute Gasteiger partial charge is 0.457 e. The summed E-state index contributed by atoms with van der Waals surface area (Å²) in [6.45, 7) is 1.85. The number of nitrogens with zero attached hydrogens (tertiary/aromatic N) is 1. The number of sulfonamides is 1. The first-order valence-electron chi connectivity index (χ1n) is 11.4. The molecule has 1 aliphatic heterocycles. The van der Waals surface area contributed by atoms with Gasteiger partial charge in [-0.3, -0.25) is 9.10 Å². The average Bonchev–Trinajstić information content (AvgIpc) is 3.21. The molecule has 1 atom stereocenters. The van der Waals surface area contributed by atoms with Crippen molar-refractivity contribution in [3.05, 3.63) is 113 Å². The molecule has 0 fully saturated rings. The molecule has 0 unspecified atom stereocenters. The van der Waals surface area contributed by atoms with Crippen molar-refractivity contribution in [2.24, 2.45) is 0 Å². The lowest BCUT2D eigenvalue weighted by Gasteiger charge is -2.24. The van der Waals surface area contributed by atoms with Crippen molar-refractivity contribution in [2.75, 3.05) is 9.62 Å². The fraction of sp³-hybridized carbons (Fsp3) is 0.107. The maximum atomic E-state index is 13.3. The Labute approximate surface area is 215 Å². The Balaban J connectivity index is 1.32. The summed E-state index contributed by atoms with van der Waals surface area (Å²) in [5, 5.41) is 3.36. The van der Waals surface area contributed by atoms with Crippen LogP contribution in [0.1, 0.15) is 22.8 Å². The molecule has 1 amide bonds. The van der Waals surface area contributed by atoms with Gasteiger partial charge in [0, 0.05) is 22.3 Å². The first kappa shape index (κ1) is 23.9. The van der Waals surface area contributed by atoms with Crippen molar-refractivity contribution in [1.82, 2.24) is 0 Å². The minimum absolute atomic E-state index is 0.174. The van der Waals surface area contributed by atoms with E-state index in [4.69, 9.17) is 16.3 Å². The van der Waals surface area contributed by atoms with E-state index in [9.17, 15) is 13.2 Å². The van der Waals surface area contributed by atoms with Gasteiger partial charge < -0.3 is 10.1 Å². The van der Waals surface area contributed by atoms with Crippen LogP contribution in [0.2, 0.25) is 5.02 Å². The van der Waals surface area contributed by atoms with Crippen LogP contribution in [0.3, 0.4) is 0 Å². The molecule has 1 aliphatic rings. The molecule has 0 bridgehead atoms. The van der Waals surface area contributed by atoms with Gasteiger partial charge in [0.2, 0.25) is 0 Å². The van der Waals surface area contributed by atoms with Crippen LogP contribution in [-0.4, -0.2) is 20.4 Å². The van der Waals surface area contributed by atoms with Crippen LogP contribution >= 0.6 is 11.6 Å². The number of carbonyl (C=O) groups is 1. The molecule has 8 heteroatoms. The van der Waals surface area contributed by atoms with Crippen LogP contribution in [0, 0.1) is 0 Å². The molecule has 6 nitrogen and oxygen atoms in total. The van der Waals surface area contributed by atoms with E-state index < -0.39 is 10.0 Å². The number of benzene rings is 4. The van der Waals surface area contributed by atoms with Crippen molar-refractivity contribution in [3.63, 3.8) is 0 Å². The summed E-state index contributed by atoms with van der Waals surface area (Å²) in [5.41, 5.74) is 2.47. The normalized spacial score (nSPS) is 14.8. The van der Waals surface area contributed by atoms with E-state index in [0.717, 1.165) is 11.3 Å². The highest BCUT2D eigenvalue weighted by molar-refractivity contribution is 7.92. The monoisotopic (exact) mass is 518 g/mol. The van der Waals surface area contributed by atoms with Crippen LogP contribution in [0.15, 0.2) is 102 Å². The molecule has 4 aromatic carbocycles. The Morgan fingerprint density at radius 1 is 0.917 bits per heavy atom. The number of amides is 1. The second kappa shape index (κ2) is 9.68. The van der Waals surface area contributed by atoms with E-state index in [1.165, 1.54) is 16.4 Å². The number of carbonyl (C=O) groups excluding carboxylic acids is 1. The minimum Gasteiger partial charge on any atom is -0.457 e. The third-order valence-corrected chi connectivity index (χ3v) is 8.15. The number of rotatable bonds is 6. The molecule has 1 heterocycles. The van der Waals surface area contributed by atoms with Gasteiger partial charge in [-0.2, -0.15) is 0 Å². The average molecular weight is 519 g/mol. The molecule has 0 aliphatic carbocycles. The Morgan fingerprint density at radius 3 is 2.28 bits per heavy atom. The van der Waals surface area contributed by atoms with E-state index in [1.54, 1.807) is 54.6 Å². The Kier molecular flexibility index (Phi) is 6.43. The number of anilines is 2. The third-order valence-electron chi connectivity index (χ3n) is 5.96. The van der Waals surface area contributed by atoms with Gasteiger partial charge >= 0.3 is 0 Å². The van der Waals surface area contributed by atoms with Crippen LogP contribution in [0.25, 0.3) is 0 Å².